The summed E-state index contributed by atoms with van der Waals surface area (Å²) in [4.78, 5) is 23.8. The van der Waals surface area contributed by atoms with Crippen LogP contribution in [-0.2, 0) is 14.3 Å². The topological polar surface area (TPSA) is 75.6 Å². The maximum absolute atomic E-state index is 12.4. The van der Waals surface area contributed by atoms with Crippen molar-refractivity contribution in [2.24, 2.45) is 11.8 Å². The van der Waals surface area contributed by atoms with Gasteiger partial charge in [0.1, 0.15) is 5.92 Å². The van der Waals surface area contributed by atoms with E-state index in [-0.39, 0.29) is 5.91 Å². The predicted octanol–water partition coefficient (Wildman–Crippen LogP) is 2.35. The third-order valence-corrected chi connectivity index (χ3v) is 4.53. The van der Waals surface area contributed by atoms with E-state index in [1.165, 1.54) is 0 Å². The third kappa shape index (κ3) is 2.49. The smallest absolute Gasteiger partial charge is 0.310 e. The number of ether oxygens (including phenoxy) is 1. The Labute approximate surface area is 130 Å². The van der Waals surface area contributed by atoms with Crippen molar-refractivity contribution in [3.63, 3.8) is 0 Å². The summed E-state index contributed by atoms with van der Waals surface area (Å²) in [5.74, 6) is -2.87. The lowest BCUT2D eigenvalue weighted by atomic mass is 9.82. The van der Waals surface area contributed by atoms with Crippen LogP contribution in [0.25, 0.3) is 0 Å². The molecular formula is C15H14BrNO4. The Morgan fingerprint density at radius 3 is 2.52 bits per heavy atom. The van der Waals surface area contributed by atoms with Gasteiger partial charge in [0, 0.05) is 4.47 Å². The summed E-state index contributed by atoms with van der Waals surface area (Å²) in [7, 11) is 0. The molecule has 1 aromatic carbocycles. The number of carbonyl (C=O) groups is 2. The van der Waals surface area contributed by atoms with Gasteiger partial charge in [-0.3, -0.25) is 9.59 Å². The first kappa shape index (κ1) is 14.3. The van der Waals surface area contributed by atoms with E-state index in [1.54, 1.807) is 18.2 Å². The van der Waals surface area contributed by atoms with Crippen molar-refractivity contribution in [1.82, 2.24) is 0 Å². The predicted molar refractivity (Wildman–Crippen MR) is 79.9 cm³/mol. The number of fused-ring (bicyclic) bond motifs is 2. The molecule has 3 rings (SSSR count). The molecule has 2 aliphatic heterocycles. The van der Waals surface area contributed by atoms with Crippen LogP contribution in [0.4, 0.5) is 5.69 Å². The zero-order valence-electron chi connectivity index (χ0n) is 11.2. The highest BCUT2D eigenvalue weighted by Gasteiger charge is 2.53. The summed E-state index contributed by atoms with van der Waals surface area (Å²) in [5, 5.41) is 12.1. The number of halogens is 1. The molecule has 0 aromatic heterocycles. The molecule has 2 aliphatic rings. The van der Waals surface area contributed by atoms with Crippen LogP contribution in [-0.4, -0.2) is 29.2 Å². The van der Waals surface area contributed by atoms with Crippen molar-refractivity contribution >= 4 is 33.5 Å². The van der Waals surface area contributed by atoms with Crippen LogP contribution < -0.4 is 5.32 Å². The monoisotopic (exact) mass is 351 g/mol. The third-order valence-electron chi connectivity index (χ3n) is 3.87. The number of amides is 1. The summed E-state index contributed by atoms with van der Waals surface area (Å²) in [5.41, 5.74) is 1.69. The quantitative estimate of drug-likeness (QED) is 0.819. The summed E-state index contributed by atoms with van der Waals surface area (Å²) in [6, 6.07) is 5.56. The first-order valence-electron chi connectivity index (χ1n) is 6.61. The van der Waals surface area contributed by atoms with Crippen molar-refractivity contribution in [2.75, 3.05) is 5.32 Å². The van der Waals surface area contributed by atoms with Crippen molar-refractivity contribution in [3.05, 3.63) is 40.4 Å². The Morgan fingerprint density at radius 2 is 1.90 bits per heavy atom. The number of aliphatic carboxylic acids is 1. The van der Waals surface area contributed by atoms with E-state index in [0.29, 0.717) is 5.69 Å². The van der Waals surface area contributed by atoms with Gasteiger partial charge < -0.3 is 15.2 Å². The van der Waals surface area contributed by atoms with Crippen LogP contribution in [0.15, 0.2) is 34.8 Å². The Hall–Kier alpha value is -1.66. The van der Waals surface area contributed by atoms with Crippen molar-refractivity contribution < 1.29 is 19.4 Å². The molecule has 0 unspecified atom stereocenters. The van der Waals surface area contributed by atoms with E-state index in [1.807, 2.05) is 19.1 Å². The van der Waals surface area contributed by atoms with Gasteiger partial charge in [-0.2, -0.15) is 0 Å². The minimum absolute atomic E-state index is 0.330. The highest BCUT2D eigenvalue weighted by atomic mass is 79.9. The van der Waals surface area contributed by atoms with Gasteiger partial charge in [-0.1, -0.05) is 18.2 Å². The van der Waals surface area contributed by atoms with Gasteiger partial charge in [0.25, 0.3) is 0 Å². The van der Waals surface area contributed by atoms with Gasteiger partial charge >= 0.3 is 5.97 Å². The fourth-order valence-electron chi connectivity index (χ4n) is 2.85. The number of aryl methyl sites for hydroxylation is 1. The number of carboxylic acids is 1. The van der Waals surface area contributed by atoms with Gasteiger partial charge in [0.05, 0.1) is 23.8 Å². The number of carboxylic acid groups (broad SMARTS) is 1. The molecule has 2 bridgehead atoms. The van der Waals surface area contributed by atoms with Gasteiger partial charge in [-0.15, -0.1) is 0 Å². The number of rotatable bonds is 3. The van der Waals surface area contributed by atoms with Gasteiger partial charge in [-0.05, 0) is 40.5 Å². The SMILES string of the molecule is Cc1ccc(NC(=O)[C@@H]2[C@@H](C(=O)O)[C@H]3C=C[C@H]2O3)c(Br)c1. The zero-order chi connectivity index (χ0) is 15.1. The summed E-state index contributed by atoms with van der Waals surface area (Å²) < 4.78 is 6.27. The molecule has 5 nitrogen and oxygen atoms in total. The van der Waals surface area contributed by atoms with E-state index >= 15 is 0 Å². The minimum atomic E-state index is -1.00. The van der Waals surface area contributed by atoms with Crippen molar-refractivity contribution in [2.45, 2.75) is 19.1 Å². The Kier molecular flexibility index (Phi) is 3.59. The van der Waals surface area contributed by atoms with Gasteiger partial charge in [0.15, 0.2) is 0 Å². The molecule has 110 valence electrons. The van der Waals surface area contributed by atoms with Crippen LogP contribution in [0, 0.1) is 18.8 Å². The molecule has 6 heteroatoms. The number of nitrogens with one attached hydrogen (secondary N) is 1. The van der Waals surface area contributed by atoms with E-state index < -0.39 is 30.0 Å². The second kappa shape index (κ2) is 5.27. The number of anilines is 1. The zero-order valence-corrected chi connectivity index (χ0v) is 12.8. The first-order chi connectivity index (χ1) is 9.97. The molecule has 2 heterocycles. The maximum Gasteiger partial charge on any atom is 0.310 e. The Bertz CT molecular complexity index is 643. The lowest BCUT2D eigenvalue weighted by Crippen LogP contribution is -2.39. The standard InChI is InChI=1S/C15H14BrNO4/c1-7-2-3-9(8(16)6-7)17-14(18)12-10-4-5-11(21-10)13(12)15(19)20/h2-6,10-13H,1H3,(H,17,18)(H,19,20)/t10-,11-,12+,13+/m1/s1. The second-order valence-electron chi connectivity index (χ2n) is 5.31. The molecular weight excluding hydrogens is 338 g/mol. The normalized spacial score (nSPS) is 29.6. The first-order valence-corrected chi connectivity index (χ1v) is 7.40. The molecule has 4 atom stereocenters. The average Bonchev–Trinajstić information content (AvgIpc) is 3.02. The van der Waals surface area contributed by atoms with E-state index in [2.05, 4.69) is 21.2 Å². The van der Waals surface area contributed by atoms with Gasteiger partial charge in [-0.25, -0.2) is 0 Å². The Balaban J connectivity index is 1.82. The van der Waals surface area contributed by atoms with Crippen molar-refractivity contribution in [3.8, 4) is 0 Å². The second-order valence-corrected chi connectivity index (χ2v) is 6.17. The Morgan fingerprint density at radius 1 is 1.24 bits per heavy atom. The lowest BCUT2D eigenvalue weighted by molar-refractivity contribution is -0.145. The highest BCUT2D eigenvalue weighted by Crippen LogP contribution is 2.40. The van der Waals surface area contributed by atoms with Crippen LogP contribution in [0.5, 0.6) is 0 Å². The molecule has 0 radical (unpaired) electrons. The number of hydrogen-bond acceptors (Lipinski definition) is 3. The highest BCUT2D eigenvalue weighted by molar-refractivity contribution is 9.10. The van der Waals surface area contributed by atoms with Crippen LogP contribution >= 0.6 is 15.9 Å². The average molecular weight is 352 g/mol. The van der Waals surface area contributed by atoms with Crippen LogP contribution in [0.2, 0.25) is 0 Å². The molecule has 0 saturated carbocycles. The lowest BCUT2D eigenvalue weighted by Gasteiger charge is -2.21. The maximum atomic E-state index is 12.4. The molecule has 1 aromatic rings. The van der Waals surface area contributed by atoms with E-state index in [0.717, 1.165) is 10.0 Å². The molecule has 21 heavy (non-hydrogen) atoms. The number of carbonyl (C=O) groups excluding carboxylic acids is 1. The number of benzene rings is 1. The van der Waals surface area contributed by atoms with Crippen LogP contribution in [0.1, 0.15) is 5.56 Å². The largest absolute Gasteiger partial charge is 0.481 e. The summed E-state index contributed by atoms with van der Waals surface area (Å²) in [6.45, 7) is 1.95. The molecule has 1 fully saturated rings. The summed E-state index contributed by atoms with van der Waals surface area (Å²) in [6.07, 6.45) is 2.51. The summed E-state index contributed by atoms with van der Waals surface area (Å²) >= 11 is 3.39. The number of hydrogen-bond donors (Lipinski definition) is 2. The molecule has 1 saturated heterocycles. The van der Waals surface area contributed by atoms with E-state index in [4.69, 9.17) is 4.74 Å². The van der Waals surface area contributed by atoms with Gasteiger partial charge in [0.2, 0.25) is 5.91 Å². The molecule has 1 amide bonds. The minimum Gasteiger partial charge on any atom is -0.481 e. The fourth-order valence-corrected chi connectivity index (χ4v) is 3.44. The molecule has 0 spiro atoms. The molecule has 0 aliphatic carbocycles. The molecule has 2 N–H and O–H groups in total. The van der Waals surface area contributed by atoms with Crippen molar-refractivity contribution in [1.29, 1.82) is 0 Å². The van der Waals surface area contributed by atoms with Crippen LogP contribution in [0.3, 0.4) is 0 Å². The fraction of sp³-hybridized carbons (Fsp3) is 0.333. The van der Waals surface area contributed by atoms with E-state index in [9.17, 15) is 14.7 Å².